The average molecular weight is 289 g/mol. The molecule has 21 heavy (non-hydrogen) atoms. The van der Waals surface area contributed by atoms with Gasteiger partial charge in [-0.2, -0.15) is 5.10 Å². The third-order valence-corrected chi connectivity index (χ3v) is 3.25. The Kier molecular flexibility index (Phi) is 4.53. The van der Waals surface area contributed by atoms with Crippen LogP contribution in [0.2, 0.25) is 0 Å². The second-order valence-electron chi connectivity index (χ2n) is 5.60. The summed E-state index contributed by atoms with van der Waals surface area (Å²) in [4.78, 5) is 12.1. The third kappa shape index (κ3) is 3.36. The number of benzene rings is 1. The molecule has 1 aromatic carbocycles. The summed E-state index contributed by atoms with van der Waals surface area (Å²) in [7, 11) is 0. The molecule has 0 atom stereocenters. The lowest BCUT2D eigenvalue weighted by Crippen LogP contribution is -2.27. The number of rotatable bonds is 4. The van der Waals surface area contributed by atoms with Crippen LogP contribution in [-0.2, 0) is 13.1 Å². The molecule has 2 rings (SSSR count). The fourth-order valence-electron chi connectivity index (χ4n) is 2.18. The molecule has 0 radical (unpaired) electrons. The van der Waals surface area contributed by atoms with E-state index < -0.39 is 0 Å². The first-order valence-electron chi connectivity index (χ1n) is 7.00. The Labute approximate surface area is 123 Å². The summed E-state index contributed by atoms with van der Waals surface area (Å²) in [6.07, 6.45) is 0. The molecule has 0 spiro atoms. The summed E-state index contributed by atoms with van der Waals surface area (Å²) < 4.78 is 15.0. The van der Waals surface area contributed by atoms with Gasteiger partial charge in [-0.05, 0) is 37.1 Å². The molecule has 0 bridgehead atoms. The third-order valence-electron chi connectivity index (χ3n) is 3.25. The van der Waals surface area contributed by atoms with Crippen molar-refractivity contribution < 1.29 is 4.39 Å². The van der Waals surface area contributed by atoms with Crippen molar-refractivity contribution >= 4 is 0 Å². The molecule has 4 nitrogen and oxygen atoms in total. The van der Waals surface area contributed by atoms with Crippen LogP contribution >= 0.6 is 0 Å². The highest BCUT2D eigenvalue weighted by Gasteiger charge is 2.10. The second kappa shape index (κ2) is 6.18. The first-order valence-corrected chi connectivity index (χ1v) is 7.00. The van der Waals surface area contributed by atoms with E-state index in [-0.39, 0.29) is 17.9 Å². The fraction of sp³-hybridized carbons (Fsp3) is 0.375. The number of aryl methyl sites for hydroxylation is 1. The summed E-state index contributed by atoms with van der Waals surface area (Å²) in [6.45, 7) is 6.50. The van der Waals surface area contributed by atoms with E-state index in [0.29, 0.717) is 29.3 Å². The highest BCUT2D eigenvalue weighted by atomic mass is 19.1. The molecule has 0 saturated carbocycles. The van der Waals surface area contributed by atoms with E-state index in [1.807, 2.05) is 13.8 Å². The maximum atomic E-state index is 13.5. The number of nitrogens with two attached hydrogens (primary N) is 1. The van der Waals surface area contributed by atoms with Gasteiger partial charge >= 0.3 is 0 Å². The fourth-order valence-corrected chi connectivity index (χ4v) is 2.18. The molecule has 2 aromatic rings. The van der Waals surface area contributed by atoms with E-state index in [0.717, 1.165) is 5.56 Å². The van der Waals surface area contributed by atoms with Gasteiger partial charge < -0.3 is 5.73 Å². The van der Waals surface area contributed by atoms with Crippen LogP contribution in [0.5, 0.6) is 0 Å². The molecule has 0 saturated heterocycles. The number of halogens is 1. The summed E-state index contributed by atoms with van der Waals surface area (Å²) in [5.41, 5.74) is 7.92. The standard InChI is InChI=1S/C16H20FN3O/c1-10(2)9-20-16(21)11(3)6-15(19-20)12-4-5-14(17)13(7-12)8-18/h4-7,10H,8-9,18H2,1-3H3. The van der Waals surface area contributed by atoms with Crippen LogP contribution in [0.25, 0.3) is 11.3 Å². The van der Waals surface area contributed by atoms with Crippen molar-refractivity contribution in [2.24, 2.45) is 11.7 Å². The van der Waals surface area contributed by atoms with Crippen LogP contribution in [0.1, 0.15) is 25.0 Å². The van der Waals surface area contributed by atoms with Crippen LogP contribution in [0, 0.1) is 18.7 Å². The maximum Gasteiger partial charge on any atom is 0.269 e. The number of hydrogen-bond acceptors (Lipinski definition) is 3. The van der Waals surface area contributed by atoms with Crippen molar-refractivity contribution in [1.29, 1.82) is 0 Å². The van der Waals surface area contributed by atoms with Crippen LogP contribution in [0.3, 0.4) is 0 Å². The van der Waals surface area contributed by atoms with E-state index in [4.69, 9.17) is 5.73 Å². The minimum absolute atomic E-state index is 0.0892. The van der Waals surface area contributed by atoms with E-state index in [9.17, 15) is 9.18 Å². The van der Waals surface area contributed by atoms with E-state index in [2.05, 4.69) is 5.10 Å². The molecule has 1 aromatic heterocycles. The quantitative estimate of drug-likeness (QED) is 0.940. The second-order valence-corrected chi connectivity index (χ2v) is 5.60. The van der Waals surface area contributed by atoms with Crippen LogP contribution in [-0.4, -0.2) is 9.78 Å². The van der Waals surface area contributed by atoms with Gasteiger partial charge in [0.1, 0.15) is 5.82 Å². The van der Waals surface area contributed by atoms with Gasteiger partial charge in [0.05, 0.1) is 5.69 Å². The Hall–Kier alpha value is -2.01. The molecule has 5 heteroatoms. The first-order chi connectivity index (χ1) is 9.92. The predicted octanol–water partition coefficient (Wildman–Crippen LogP) is 2.47. The Bertz CT molecular complexity index is 707. The minimum atomic E-state index is -0.325. The Balaban J connectivity index is 2.54. The molecule has 112 valence electrons. The number of hydrogen-bond donors (Lipinski definition) is 1. The molecule has 0 unspecified atom stereocenters. The summed E-state index contributed by atoms with van der Waals surface area (Å²) in [5, 5.41) is 4.39. The van der Waals surface area contributed by atoms with E-state index in [1.54, 1.807) is 25.1 Å². The molecule has 2 N–H and O–H groups in total. The van der Waals surface area contributed by atoms with Crippen molar-refractivity contribution in [2.45, 2.75) is 33.9 Å². The molecular formula is C16H20FN3O. The van der Waals surface area contributed by atoms with Crippen LogP contribution in [0.4, 0.5) is 4.39 Å². The molecule has 0 aliphatic rings. The largest absolute Gasteiger partial charge is 0.326 e. The zero-order valence-corrected chi connectivity index (χ0v) is 12.6. The normalized spacial score (nSPS) is 11.1. The van der Waals surface area contributed by atoms with Crippen molar-refractivity contribution in [3.63, 3.8) is 0 Å². The van der Waals surface area contributed by atoms with Gasteiger partial charge in [0, 0.05) is 29.8 Å². The topological polar surface area (TPSA) is 60.9 Å². The van der Waals surface area contributed by atoms with Gasteiger partial charge in [0.25, 0.3) is 5.56 Å². The van der Waals surface area contributed by atoms with E-state index in [1.165, 1.54) is 10.7 Å². The SMILES string of the molecule is Cc1cc(-c2ccc(F)c(CN)c2)nn(CC(C)C)c1=O. The summed E-state index contributed by atoms with van der Waals surface area (Å²) >= 11 is 0. The summed E-state index contributed by atoms with van der Waals surface area (Å²) in [6, 6.07) is 6.45. The highest BCUT2D eigenvalue weighted by molar-refractivity contribution is 5.60. The van der Waals surface area contributed by atoms with Crippen molar-refractivity contribution in [2.75, 3.05) is 0 Å². The predicted molar refractivity (Wildman–Crippen MR) is 81.4 cm³/mol. The van der Waals surface area contributed by atoms with Gasteiger partial charge in [-0.25, -0.2) is 9.07 Å². The molecule has 0 aliphatic carbocycles. The summed E-state index contributed by atoms with van der Waals surface area (Å²) in [5.74, 6) is -0.00820. The van der Waals surface area contributed by atoms with E-state index >= 15 is 0 Å². The van der Waals surface area contributed by atoms with Crippen molar-refractivity contribution in [3.05, 3.63) is 51.6 Å². The lowest BCUT2D eigenvalue weighted by Gasteiger charge is -2.11. The van der Waals surface area contributed by atoms with Gasteiger partial charge in [-0.3, -0.25) is 4.79 Å². The van der Waals surface area contributed by atoms with Crippen molar-refractivity contribution in [1.82, 2.24) is 9.78 Å². The minimum Gasteiger partial charge on any atom is -0.326 e. The Morgan fingerprint density at radius 3 is 2.67 bits per heavy atom. The van der Waals surface area contributed by atoms with Crippen LogP contribution < -0.4 is 11.3 Å². The lowest BCUT2D eigenvalue weighted by molar-refractivity contribution is 0.463. The smallest absolute Gasteiger partial charge is 0.269 e. The zero-order valence-electron chi connectivity index (χ0n) is 12.6. The van der Waals surface area contributed by atoms with Gasteiger partial charge in [-0.1, -0.05) is 13.8 Å². The average Bonchev–Trinajstić information content (AvgIpc) is 2.43. The molecule has 1 heterocycles. The molecule has 0 fully saturated rings. The van der Waals surface area contributed by atoms with Gasteiger partial charge in [-0.15, -0.1) is 0 Å². The molecule has 0 amide bonds. The Morgan fingerprint density at radius 2 is 2.05 bits per heavy atom. The maximum absolute atomic E-state index is 13.5. The zero-order chi connectivity index (χ0) is 15.6. The number of aromatic nitrogens is 2. The highest BCUT2D eigenvalue weighted by Crippen LogP contribution is 2.20. The van der Waals surface area contributed by atoms with Gasteiger partial charge in [0.15, 0.2) is 0 Å². The first kappa shape index (κ1) is 15.4. The monoisotopic (exact) mass is 289 g/mol. The number of nitrogens with zero attached hydrogens (tertiary/aromatic N) is 2. The van der Waals surface area contributed by atoms with Crippen molar-refractivity contribution in [3.8, 4) is 11.3 Å². The lowest BCUT2D eigenvalue weighted by atomic mass is 10.1. The molecular weight excluding hydrogens is 269 g/mol. The van der Waals surface area contributed by atoms with Crippen LogP contribution in [0.15, 0.2) is 29.1 Å². The molecule has 0 aliphatic heterocycles. The van der Waals surface area contributed by atoms with Gasteiger partial charge in [0.2, 0.25) is 0 Å². The Morgan fingerprint density at radius 1 is 1.33 bits per heavy atom.